The number of nitrogens with one attached hydrogen (secondary N) is 2. The third-order valence-corrected chi connectivity index (χ3v) is 2.66. The molecule has 0 aromatic carbocycles. The molecule has 1 aromatic heterocycles. The maximum atomic E-state index is 11.9. The first-order chi connectivity index (χ1) is 9.86. The van der Waals surface area contributed by atoms with E-state index in [9.17, 15) is 9.59 Å². The van der Waals surface area contributed by atoms with Crippen molar-refractivity contribution in [3.63, 3.8) is 0 Å². The summed E-state index contributed by atoms with van der Waals surface area (Å²) in [5.41, 5.74) is 6.30. The Kier molecular flexibility index (Phi) is 5.95. The van der Waals surface area contributed by atoms with Crippen LogP contribution in [0.15, 0.2) is 12.3 Å². The second-order valence-electron chi connectivity index (χ2n) is 4.87. The Balaban J connectivity index is 2.87. The number of amides is 1. The number of pyridine rings is 1. The third kappa shape index (κ3) is 4.62. The van der Waals surface area contributed by atoms with E-state index in [1.807, 2.05) is 13.8 Å². The van der Waals surface area contributed by atoms with Gasteiger partial charge in [0.2, 0.25) is 5.91 Å². The molecule has 21 heavy (non-hydrogen) atoms. The molecular formula is C14H22N4O3. The molecule has 0 spiro atoms. The number of nitrogens with two attached hydrogens (primary N) is 1. The van der Waals surface area contributed by atoms with E-state index in [1.54, 1.807) is 13.8 Å². The minimum absolute atomic E-state index is 0.0397. The highest BCUT2D eigenvalue weighted by Crippen LogP contribution is 2.21. The van der Waals surface area contributed by atoms with Crippen molar-refractivity contribution < 1.29 is 14.3 Å². The molecular weight excluding hydrogens is 272 g/mol. The monoisotopic (exact) mass is 294 g/mol. The van der Waals surface area contributed by atoms with Gasteiger partial charge in [0.1, 0.15) is 6.04 Å². The zero-order valence-electron chi connectivity index (χ0n) is 12.8. The number of esters is 1. The second kappa shape index (κ2) is 7.47. The summed E-state index contributed by atoms with van der Waals surface area (Å²) in [7, 11) is 0. The first-order valence-electron chi connectivity index (χ1n) is 6.85. The largest absolute Gasteiger partial charge is 0.462 e. The van der Waals surface area contributed by atoms with E-state index in [0.29, 0.717) is 0 Å². The first-order valence-corrected chi connectivity index (χ1v) is 6.85. The highest BCUT2D eigenvalue weighted by molar-refractivity contribution is 5.98. The van der Waals surface area contributed by atoms with Gasteiger partial charge in [0, 0.05) is 12.2 Å². The average molecular weight is 294 g/mol. The van der Waals surface area contributed by atoms with Crippen LogP contribution in [0.3, 0.4) is 0 Å². The second-order valence-corrected chi connectivity index (χ2v) is 4.87. The lowest BCUT2D eigenvalue weighted by Crippen LogP contribution is -2.41. The van der Waals surface area contributed by atoms with Gasteiger partial charge in [-0.25, -0.2) is 9.78 Å². The minimum atomic E-state index is -0.528. The van der Waals surface area contributed by atoms with Crippen LogP contribution < -0.4 is 16.4 Å². The molecule has 1 atom stereocenters. The van der Waals surface area contributed by atoms with Crippen LogP contribution in [-0.2, 0) is 9.53 Å². The van der Waals surface area contributed by atoms with Crippen LogP contribution in [0.25, 0.3) is 0 Å². The van der Waals surface area contributed by atoms with Crippen LogP contribution in [0, 0.1) is 0 Å². The molecule has 0 aliphatic carbocycles. The Bertz CT molecular complexity index is 517. The number of anilines is 2. The number of carbonyl (C=O) groups excluding carboxylic acids is 2. The molecule has 0 saturated carbocycles. The molecule has 1 heterocycles. The predicted octanol–water partition coefficient (Wildman–Crippen LogP) is 1.17. The molecule has 1 unspecified atom stereocenters. The molecule has 116 valence electrons. The number of rotatable bonds is 6. The Morgan fingerprint density at radius 1 is 1.38 bits per heavy atom. The summed E-state index contributed by atoms with van der Waals surface area (Å²) < 4.78 is 4.92. The van der Waals surface area contributed by atoms with Crippen molar-refractivity contribution in [1.82, 2.24) is 10.3 Å². The Morgan fingerprint density at radius 2 is 2.05 bits per heavy atom. The van der Waals surface area contributed by atoms with Crippen LogP contribution in [-0.4, -0.2) is 35.6 Å². The molecule has 0 saturated heterocycles. The van der Waals surface area contributed by atoms with Crippen molar-refractivity contribution >= 4 is 23.4 Å². The molecule has 0 fully saturated rings. The molecule has 7 heteroatoms. The third-order valence-electron chi connectivity index (χ3n) is 2.66. The van der Waals surface area contributed by atoms with Crippen LogP contribution in [0.2, 0.25) is 0 Å². The van der Waals surface area contributed by atoms with E-state index >= 15 is 0 Å². The number of nitrogen functional groups attached to an aromatic ring is 1. The quantitative estimate of drug-likeness (QED) is 0.680. The zero-order chi connectivity index (χ0) is 16.0. The van der Waals surface area contributed by atoms with Gasteiger partial charge in [0.05, 0.1) is 17.9 Å². The van der Waals surface area contributed by atoms with E-state index in [1.165, 1.54) is 12.3 Å². The van der Waals surface area contributed by atoms with Crippen molar-refractivity contribution in [3.8, 4) is 0 Å². The molecule has 0 bridgehead atoms. The van der Waals surface area contributed by atoms with Crippen LogP contribution >= 0.6 is 0 Å². The van der Waals surface area contributed by atoms with Crippen molar-refractivity contribution in [2.24, 2.45) is 0 Å². The predicted molar refractivity (Wildman–Crippen MR) is 81.0 cm³/mol. The number of hydrogen-bond donors (Lipinski definition) is 3. The van der Waals surface area contributed by atoms with Crippen molar-refractivity contribution in [2.45, 2.75) is 39.8 Å². The lowest BCUT2D eigenvalue weighted by molar-refractivity contribution is -0.122. The highest BCUT2D eigenvalue weighted by atomic mass is 16.5. The normalized spacial score (nSPS) is 11.9. The molecule has 0 aliphatic rings. The van der Waals surface area contributed by atoms with Gasteiger partial charge in [-0.1, -0.05) is 0 Å². The molecule has 0 radical (unpaired) electrons. The fourth-order valence-corrected chi connectivity index (χ4v) is 1.66. The fourth-order valence-electron chi connectivity index (χ4n) is 1.66. The number of hydrogen-bond acceptors (Lipinski definition) is 6. The first kappa shape index (κ1) is 16.7. The van der Waals surface area contributed by atoms with E-state index in [2.05, 4.69) is 15.6 Å². The number of nitrogens with zero attached hydrogens (tertiary/aromatic N) is 1. The van der Waals surface area contributed by atoms with Gasteiger partial charge < -0.3 is 21.1 Å². The van der Waals surface area contributed by atoms with Gasteiger partial charge in [-0.05, 0) is 33.8 Å². The number of aromatic nitrogens is 1. The molecule has 0 aliphatic heterocycles. The fraction of sp³-hybridized carbons (Fsp3) is 0.500. The average Bonchev–Trinajstić information content (AvgIpc) is 2.40. The lowest BCUT2D eigenvalue weighted by atomic mass is 10.2. The van der Waals surface area contributed by atoms with E-state index in [0.717, 1.165) is 0 Å². The summed E-state index contributed by atoms with van der Waals surface area (Å²) >= 11 is 0. The van der Waals surface area contributed by atoms with E-state index in [-0.39, 0.29) is 35.6 Å². The van der Waals surface area contributed by atoms with E-state index in [4.69, 9.17) is 10.5 Å². The van der Waals surface area contributed by atoms with Gasteiger partial charge in [0.25, 0.3) is 0 Å². The van der Waals surface area contributed by atoms with Gasteiger partial charge in [0.15, 0.2) is 5.82 Å². The van der Waals surface area contributed by atoms with Crippen LogP contribution in [0.1, 0.15) is 38.1 Å². The Hall–Kier alpha value is -2.31. The van der Waals surface area contributed by atoms with E-state index < -0.39 is 12.0 Å². The maximum absolute atomic E-state index is 11.9. The van der Waals surface area contributed by atoms with Gasteiger partial charge in [-0.3, -0.25) is 4.79 Å². The molecule has 7 nitrogen and oxygen atoms in total. The standard InChI is InChI=1S/C14H22N4O3/c1-5-21-14(20)10-6-7-16-12(11(10)15)18-9(4)13(19)17-8(2)3/h6-9H,5,15H2,1-4H3,(H,16,18)(H,17,19). The maximum Gasteiger partial charge on any atom is 0.340 e. The van der Waals surface area contributed by atoms with Crippen molar-refractivity contribution in [1.29, 1.82) is 0 Å². The zero-order valence-corrected chi connectivity index (χ0v) is 12.8. The van der Waals surface area contributed by atoms with Crippen molar-refractivity contribution in [3.05, 3.63) is 17.8 Å². The summed E-state index contributed by atoms with van der Waals surface area (Å²) in [5.74, 6) is -0.403. The summed E-state index contributed by atoms with van der Waals surface area (Å²) in [5, 5.41) is 5.67. The SMILES string of the molecule is CCOC(=O)c1ccnc(NC(C)C(=O)NC(C)C)c1N. The Morgan fingerprint density at radius 3 is 2.62 bits per heavy atom. The van der Waals surface area contributed by atoms with Gasteiger partial charge in [-0.2, -0.15) is 0 Å². The van der Waals surface area contributed by atoms with Gasteiger partial charge >= 0.3 is 5.97 Å². The summed E-state index contributed by atoms with van der Waals surface area (Å²) in [4.78, 5) is 27.7. The van der Waals surface area contributed by atoms with Crippen LogP contribution in [0.5, 0.6) is 0 Å². The highest BCUT2D eigenvalue weighted by Gasteiger charge is 2.18. The molecule has 4 N–H and O–H groups in total. The Labute approximate surface area is 124 Å². The van der Waals surface area contributed by atoms with Gasteiger partial charge in [-0.15, -0.1) is 0 Å². The van der Waals surface area contributed by atoms with Crippen molar-refractivity contribution in [2.75, 3.05) is 17.7 Å². The molecule has 1 rings (SSSR count). The molecule has 1 aromatic rings. The number of carbonyl (C=O) groups is 2. The smallest absolute Gasteiger partial charge is 0.340 e. The summed E-state index contributed by atoms with van der Waals surface area (Å²) in [6.07, 6.45) is 1.44. The minimum Gasteiger partial charge on any atom is -0.462 e. The topological polar surface area (TPSA) is 106 Å². The summed E-state index contributed by atoms with van der Waals surface area (Å²) in [6, 6.07) is 0.995. The summed E-state index contributed by atoms with van der Waals surface area (Å²) in [6.45, 7) is 7.41. The lowest BCUT2D eigenvalue weighted by Gasteiger charge is -2.18. The molecule has 1 amide bonds. The number of ether oxygens (including phenoxy) is 1. The van der Waals surface area contributed by atoms with Crippen LogP contribution in [0.4, 0.5) is 11.5 Å².